The average Bonchev–Trinajstić information content (AvgIpc) is 3.04. The van der Waals surface area contributed by atoms with Crippen LogP contribution in [0.15, 0.2) is 45.6 Å². The fourth-order valence-electron chi connectivity index (χ4n) is 2.12. The molecule has 2 aromatic heterocycles. The Morgan fingerprint density at radius 1 is 1.21 bits per heavy atom. The van der Waals surface area contributed by atoms with Crippen LogP contribution in [0.3, 0.4) is 0 Å². The van der Waals surface area contributed by atoms with E-state index < -0.39 is 4.92 Å². The molecule has 0 aliphatic carbocycles. The third kappa shape index (κ3) is 3.19. The topological polar surface area (TPSA) is 117 Å². The highest BCUT2D eigenvalue weighted by Gasteiger charge is 2.11. The third-order valence-corrected chi connectivity index (χ3v) is 3.32. The first-order valence-corrected chi connectivity index (χ1v) is 7.21. The lowest BCUT2D eigenvalue weighted by molar-refractivity contribution is -0.384. The van der Waals surface area contributed by atoms with Gasteiger partial charge in [0.25, 0.3) is 11.2 Å². The molecule has 0 fully saturated rings. The van der Waals surface area contributed by atoms with Gasteiger partial charge >= 0.3 is 0 Å². The number of hydrogen-bond donors (Lipinski definition) is 0. The zero-order valence-electron chi connectivity index (χ0n) is 12.7. The molecule has 24 heavy (non-hydrogen) atoms. The van der Waals surface area contributed by atoms with Gasteiger partial charge in [0.15, 0.2) is 0 Å². The molecule has 1 aromatic carbocycles. The van der Waals surface area contributed by atoms with Crippen LogP contribution in [0, 0.1) is 10.1 Å². The van der Waals surface area contributed by atoms with Gasteiger partial charge in [0.2, 0.25) is 11.8 Å². The Balaban J connectivity index is 1.95. The summed E-state index contributed by atoms with van der Waals surface area (Å²) in [6, 6.07) is 8.91. The van der Waals surface area contributed by atoms with Crippen LogP contribution in [-0.4, -0.2) is 24.9 Å². The van der Waals surface area contributed by atoms with Crippen LogP contribution in [0.4, 0.5) is 5.69 Å². The van der Waals surface area contributed by atoms with Crippen molar-refractivity contribution in [1.82, 2.24) is 20.0 Å². The molecule has 0 spiro atoms. The Morgan fingerprint density at radius 3 is 2.71 bits per heavy atom. The maximum atomic E-state index is 12.0. The number of aryl methyl sites for hydroxylation is 1. The number of aromatic nitrogens is 4. The summed E-state index contributed by atoms with van der Waals surface area (Å²) in [6.45, 7) is 1.92. The minimum absolute atomic E-state index is 0.0363. The lowest BCUT2D eigenvalue weighted by Crippen LogP contribution is -2.23. The van der Waals surface area contributed by atoms with E-state index in [1.807, 2.05) is 6.92 Å². The molecule has 9 nitrogen and oxygen atoms in total. The highest BCUT2D eigenvalue weighted by molar-refractivity contribution is 5.61. The fourth-order valence-corrected chi connectivity index (χ4v) is 2.12. The molecule has 0 radical (unpaired) electrons. The number of rotatable bonds is 5. The third-order valence-electron chi connectivity index (χ3n) is 3.32. The van der Waals surface area contributed by atoms with Gasteiger partial charge in [-0.1, -0.05) is 19.1 Å². The molecule has 0 saturated carbocycles. The standard InChI is InChI=1S/C15H13N5O4/c1-2-13-16-17-14(24-13)9-19-15(21)7-6-12(18-19)10-4-3-5-11(8-10)20(22)23/h3-8H,2,9H2,1H3. The molecule has 0 bridgehead atoms. The molecule has 0 unspecified atom stereocenters. The van der Waals surface area contributed by atoms with E-state index in [2.05, 4.69) is 15.3 Å². The predicted molar refractivity (Wildman–Crippen MR) is 83.4 cm³/mol. The minimum Gasteiger partial charge on any atom is -0.423 e. The van der Waals surface area contributed by atoms with E-state index in [9.17, 15) is 14.9 Å². The second kappa shape index (κ2) is 6.41. The molecule has 122 valence electrons. The zero-order valence-corrected chi connectivity index (χ0v) is 12.7. The first kappa shape index (κ1) is 15.5. The summed E-state index contributed by atoms with van der Waals surface area (Å²) in [6.07, 6.45) is 0.600. The van der Waals surface area contributed by atoms with Gasteiger partial charge in [-0.3, -0.25) is 14.9 Å². The van der Waals surface area contributed by atoms with E-state index in [-0.39, 0.29) is 23.7 Å². The van der Waals surface area contributed by atoms with Crippen molar-refractivity contribution >= 4 is 5.69 Å². The van der Waals surface area contributed by atoms with Crippen molar-refractivity contribution in [3.8, 4) is 11.3 Å². The Hall–Kier alpha value is -3.36. The summed E-state index contributed by atoms with van der Waals surface area (Å²) in [5, 5.41) is 22.8. The second-order valence-corrected chi connectivity index (χ2v) is 4.96. The highest BCUT2D eigenvalue weighted by atomic mass is 16.6. The lowest BCUT2D eigenvalue weighted by Gasteiger charge is -2.05. The number of hydrogen-bond acceptors (Lipinski definition) is 7. The van der Waals surface area contributed by atoms with Crippen LogP contribution in [0.5, 0.6) is 0 Å². The van der Waals surface area contributed by atoms with E-state index in [4.69, 9.17) is 4.42 Å². The number of benzene rings is 1. The smallest absolute Gasteiger partial charge is 0.270 e. The quantitative estimate of drug-likeness (QED) is 0.518. The van der Waals surface area contributed by atoms with Crippen molar-refractivity contribution in [3.05, 3.63) is 68.6 Å². The normalized spacial score (nSPS) is 10.7. The van der Waals surface area contributed by atoms with Gasteiger partial charge in [-0.2, -0.15) is 5.10 Å². The molecule has 3 aromatic rings. The molecule has 0 saturated heterocycles. The molecular formula is C15H13N5O4. The van der Waals surface area contributed by atoms with E-state index in [0.717, 1.165) is 0 Å². The summed E-state index contributed by atoms with van der Waals surface area (Å²) in [5.41, 5.74) is 0.600. The van der Waals surface area contributed by atoms with Crippen LogP contribution >= 0.6 is 0 Å². The van der Waals surface area contributed by atoms with Gasteiger partial charge in [-0.05, 0) is 6.07 Å². The van der Waals surface area contributed by atoms with Crippen molar-refractivity contribution in [2.75, 3.05) is 0 Å². The van der Waals surface area contributed by atoms with E-state index >= 15 is 0 Å². The Labute approximate surface area is 135 Å². The summed E-state index contributed by atoms with van der Waals surface area (Å²) >= 11 is 0. The maximum absolute atomic E-state index is 12.0. The second-order valence-electron chi connectivity index (χ2n) is 4.96. The van der Waals surface area contributed by atoms with Crippen molar-refractivity contribution < 1.29 is 9.34 Å². The molecule has 0 amide bonds. The Kier molecular flexibility index (Phi) is 4.15. The van der Waals surface area contributed by atoms with Gasteiger partial charge in [0, 0.05) is 30.2 Å². The van der Waals surface area contributed by atoms with Gasteiger partial charge in [-0.15, -0.1) is 10.2 Å². The van der Waals surface area contributed by atoms with Crippen LogP contribution in [0.1, 0.15) is 18.7 Å². The molecular weight excluding hydrogens is 314 g/mol. The zero-order chi connectivity index (χ0) is 17.1. The van der Waals surface area contributed by atoms with Crippen molar-refractivity contribution in [2.24, 2.45) is 0 Å². The maximum Gasteiger partial charge on any atom is 0.270 e. The Bertz CT molecular complexity index is 947. The number of non-ortho nitro benzene ring substituents is 1. The van der Waals surface area contributed by atoms with Crippen LogP contribution in [0.25, 0.3) is 11.3 Å². The molecule has 0 aliphatic rings. The highest BCUT2D eigenvalue weighted by Crippen LogP contribution is 2.21. The Morgan fingerprint density at radius 2 is 2.00 bits per heavy atom. The minimum atomic E-state index is -0.482. The van der Waals surface area contributed by atoms with E-state index in [0.29, 0.717) is 23.6 Å². The predicted octanol–water partition coefficient (Wildman–Crippen LogP) is 1.81. The molecule has 0 N–H and O–H groups in total. The number of nitro groups is 1. The molecule has 0 aliphatic heterocycles. The van der Waals surface area contributed by atoms with E-state index in [1.165, 1.54) is 28.9 Å². The van der Waals surface area contributed by atoms with Crippen LogP contribution in [-0.2, 0) is 13.0 Å². The van der Waals surface area contributed by atoms with Crippen LogP contribution < -0.4 is 5.56 Å². The van der Waals surface area contributed by atoms with Gasteiger partial charge in [0.05, 0.1) is 10.6 Å². The average molecular weight is 327 g/mol. The SMILES string of the molecule is CCc1nnc(Cn2nc(-c3cccc([N+](=O)[O-])c3)ccc2=O)o1. The first-order valence-electron chi connectivity index (χ1n) is 7.21. The van der Waals surface area contributed by atoms with Crippen molar-refractivity contribution in [1.29, 1.82) is 0 Å². The summed E-state index contributed by atoms with van der Waals surface area (Å²) < 4.78 is 6.56. The molecule has 9 heteroatoms. The summed E-state index contributed by atoms with van der Waals surface area (Å²) in [7, 11) is 0. The molecule has 0 atom stereocenters. The van der Waals surface area contributed by atoms with E-state index in [1.54, 1.807) is 12.1 Å². The number of nitrogens with zero attached hydrogens (tertiary/aromatic N) is 5. The van der Waals surface area contributed by atoms with Gasteiger partial charge < -0.3 is 4.42 Å². The molecule has 2 heterocycles. The largest absolute Gasteiger partial charge is 0.423 e. The summed E-state index contributed by atoms with van der Waals surface area (Å²) in [5.74, 6) is 0.755. The van der Waals surface area contributed by atoms with Gasteiger partial charge in [0.1, 0.15) is 6.54 Å². The van der Waals surface area contributed by atoms with Crippen molar-refractivity contribution in [2.45, 2.75) is 19.9 Å². The molecule has 3 rings (SSSR count). The van der Waals surface area contributed by atoms with Gasteiger partial charge in [-0.25, -0.2) is 4.68 Å². The fraction of sp³-hybridized carbons (Fsp3) is 0.200. The van der Waals surface area contributed by atoms with Crippen LogP contribution in [0.2, 0.25) is 0 Å². The summed E-state index contributed by atoms with van der Waals surface area (Å²) in [4.78, 5) is 22.4. The lowest BCUT2D eigenvalue weighted by atomic mass is 10.1. The number of nitro benzene ring substituents is 1. The van der Waals surface area contributed by atoms with Crippen molar-refractivity contribution in [3.63, 3.8) is 0 Å². The monoisotopic (exact) mass is 327 g/mol. The first-order chi connectivity index (χ1) is 11.6.